The van der Waals surface area contributed by atoms with E-state index in [4.69, 9.17) is 0 Å². The molecule has 17 heavy (non-hydrogen) atoms. The lowest BCUT2D eigenvalue weighted by Crippen LogP contribution is -2.40. The van der Waals surface area contributed by atoms with Gasteiger partial charge in [-0.1, -0.05) is 0 Å². The minimum atomic E-state index is 0.787. The van der Waals surface area contributed by atoms with Gasteiger partial charge in [0, 0.05) is 37.2 Å². The van der Waals surface area contributed by atoms with Crippen molar-refractivity contribution in [1.29, 1.82) is 0 Å². The molecule has 1 atom stereocenters. The molecular weight excluding hydrogens is 228 g/mol. The Kier molecular flexibility index (Phi) is 4.30. The molecule has 1 unspecified atom stereocenters. The van der Waals surface area contributed by atoms with Gasteiger partial charge in [-0.2, -0.15) is 11.8 Å². The predicted octanol–water partition coefficient (Wildman–Crippen LogP) is 2.20. The molecular formula is C14H26N2S. The third-order valence-electron chi connectivity index (χ3n) is 4.22. The number of hydrogen-bond donors (Lipinski definition) is 1. The Bertz CT molecular complexity index is 218. The molecule has 0 aromatic rings. The molecule has 0 radical (unpaired) electrons. The first-order valence-electron chi connectivity index (χ1n) is 7.43. The molecule has 3 aliphatic rings. The lowest BCUT2D eigenvalue weighted by molar-refractivity contribution is 0.240. The monoisotopic (exact) mass is 254 g/mol. The maximum atomic E-state index is 3.66. The summed E-state index contributed by atoms with van der Waals surface area (Å²) >= 11 is 2.13. The van der Waals surface area contributed by atoms with Crippen molar-refractivity contribution in [1.82, 2.24) is 10.2 Å². The Morgan fingerprint density at radius 3 is 2.29 bits per heavy atom. The highest BCUT2D eigenvalue weighted by atomic mass is 32.2. The van der Waals surface area contributed by atoms with E-state index in [2.05, 4.69) is 22.0 Å². The van der Waals surface area contributed by atoms with Crippen molar-refractivity contribution in [3.63, 3.8) is 0 Å². The van der Waals surface area contributed by atoms with E-state index in [0.717, 1.165) is 17.9 Å². The molecule has 3 heteroatoms. The average Bonchev–Trinajstić information content (AvgIpc) is 3.23. The van der Waals surface area contributed by atoms with Crippen molar-refractivity contribution in [3.8, 4) is 0 Å². The summed E-state index contributed by atoms with van der Waals surface area (Å²) < 4.78 is 0. The van der Waals surface area contributed by atoms with Crippen molar-refractivity contribution in [3.05, 3.63) is 0 Å². The van der Waals surface area contributed by atoms with E-state index in [0.29, 0.717) is 0 Å². The van der Waals surface area contributed by atoms with E-state index >= 15 is 0 Å². The second-order valence-electron chi connectivity index (χ2n) is 6.16. The molecule has 98 valence electrons. The van der Waals surface area contributed by atoms with E-state index in [1.807, 2.05) is 0 Å². The average molecular weight is 254 g/mol. The molecule has 2 saturated carbocycles. The third-order valence-corrected chi connectivity index (χ3v) is 5.35. The van der Waals surface area contributed by atoms with Crippen LogP contribution in [0.2, 0.25) is 0 Å². The van der Waals surface area contributed by atoms with Gasteiger partial charge in [0.15, 0.2) is 0 Å². The summed E-state index contributed by atoms with van der Waals surface area (Å²) in [6.07, 6.45) is 7.36. The lowest BCUT2D eigenvalue weighted by Gasteiger charge is -2.27. The zero-order chi connectivity index (χ0) is 11.5. The highest BCUT2D eigenvalue weighted by Crippen LogP contribution is 2.33. The zero-order valence-electron chi connectivity index (χ0n) is 10.9. The van der Waals surface area contributed by atoms with Crippen LogP contribution < -0.4 is 5.32 Å². The Balaban J connectivity index is 1.38. The van der Waals surface area contributed by atoms with Crippen molar-refractivity contribution in [2.24, 2.45) is 11.8 Å². The van der Waals surface area contributed by atoms with Crippen molar-refractivity contribution in [2.45, 2.75) is 38.1 Å². The van der Waals surface area contributed by atoms with Gasteiger partial charge >= 0.3 is 0 Å². The summed E-state index contributed by atoms with van der Waals surface area (Å²) in [6.45, 7) is 5.36. The van der Waals surface area contributed by atoms with Crippen molar-refractivity contribution >= 4 is 11.8 Å². The first kappa shape index (κ1) is 12.3. The van der Waals surface area contributed by atoms with Crippen LogP contribution in [0.1, 0.15) is 32.1 Å². The maximum Gasteiger partial charge on any atom is 0.0170 e. The summed E-state index contributed by atoms with van der Waals surface area (Å²) in [5.41, 5.74) is 0. The maximum absolute atomic E-state index is 3.66. The SMILES string of the molecule is C1CSCC(CCN(CC2CC2)CC2CC2)N1. The molecule has 3 fully saturated rings. The number of hydrogen-bond acceptors (Lipinski definition) is 3. The first-order valence-corrected chi connectivity index (χ1v) is 8.59. The van der Waals surface area contributed by atoms with Crippen molar-refractivity contribution in [2.75, 3.05) is 37.7 Å². The van der Waals surface area contributed by atoms with Crippen LogP contribution >= 0.6 is 11.8 Å². The second kappa shape index (κ2) is 5.94. The minimum Gasteiger partial charge on any atom is -0.312 e. The Labute approximate surface area is 110 Å². The Hall–Kier alpha value is 0.270. The van der Waals surface area contributed by atoms with Crippen LogP contribution in [0.5, 0.6) is 0 Å². The van der Waals surface area contributed by atoms with E-state index in [9.17, 15) is 0 Å². The first-order chi connectivity index (χ1) is 8.40. The summed E-state index contributed by atoms with van der Waals surface area (Å²) in [4.78, 5) is 2.77. The van der Waals surface area contributed by atoms with Gasteiger partial charge in [0.1, 0.15) is 0 Å². The third kappa shape index (κ3) is 4.46. The number of nitrogens with one attached hydrogen (secondary N) is 1. The Morgan fingerprint density at radius 2 is 1.76 bits per heavy atom. The van der Waals surface area contributed by atoms with Crippen LogP contribution in [-0.2, 0) is 0 Å². The smallest absolute Gasteiger partial charge is 0.0170 e. The van der Waals surface area contributed by atoms with Crippen LogP contribution in [0.3, 0.4) is 0 Å². The molecule has 1 saturated heterocycles. The summed E-state index contributed by atoms with van der Waals surface area (Å²) in [6, 6.07) is 0.787. The van der Waals surface area contributed by atoms with Crippen LogP contribution in [0.4, 0.5) is 0 Å². The fourth-order valence-corrected chi connectivity index (χ4v) is 3.73. The molecule has 0 aromatic heterocycles. The highest BCUT2D eigenvalue weighted by Gasteiger charge is 2.29. The standard InChI is InChI=1S/C14H26N2S/c1-2-12(1)9-16(10-13-3-4-13)7-5-14-11-17-8-6-15-14/h12-15H,1-11H2. The summed E-state index contributed by atoms with van der Waals surface area (Å²) in [5, 5.41) is 3.66. The molecule has 0 spiro atoms. The van der Waals surface area contributed by atoms with Gasteiger partial charge in [0.05, 0.1) is 0 Å². The molecule has 0 amide bonds. The fourth-order valence-electron chi connectivity index (χ4n) is 2.73. The molecule has 2 aliphatic carbocycles. The predicted molar refractivity (Wildman–Crippen MR) is 75.6 cm³/mol. The second-order valence-corrected chi connectivity index (χ2v) is 7.31. The largest absolute Gasteiger partial charge is 0.312 e. The van der Waals surface area contributed by atoms with Gasteiger partial charge in [-0.3, -0.25) is 0 Å². The van der Waals surface area contributed by atoms with Crippen LogP contribution in [0, 0.1) is 11.8 Å². The summed E-state index contributed by atoms with van der Waals surface area (Å²) in [7, 11) is 0. The number of nitrogens with zero attached hydrogens (tertiary/aromatic N) is 1. The van der Waals surface area contributed by atoms with E-state index in [1.54, 1.807) is 0 Å². The van der Waals surface area contributed by atoms with Gasteiger partial charge < -0.3 is 10.2 Å². The van der Waals surface area contributed by atoms with Gasteiger partial charge in [-0.15, -0.1) is 0 Å². The van der Waals surface area contributed by atoms with Gasteiger partial charge in [0.2, 0.25) is 0 Å². The zero-order valence-corrected chi connectivity index (χ0v) is 11.7. The topological polar surface area (TPSA) is 15.3 Å². The molecule has 1 N–H and O–H groups in total. The lowest BCUT2D eigenvalue weighted by atomic mass is 10.2. The number of thioether (sulfide) groups is 1. The minimum absolute atomic E-state index is 0.787. The van der Waals surface area contributed by atoms with E-state index in [-0.39, 0.29) is 0 Å². The van der Waals surface area contributed by atoms with Crippen LogP contribution in [-0.4, -0.2) is 48.6 Å². The molecule has 0 aromatic carbocycles. The number of rotatable bonds is 7. The molecule has 3 rings (SSSR count). The van der Waals surface area contributed by atoms with Gasteiger partial charge in [0.25, 0.3) is 0 Å². The molecule has 1 aliphatic heterocycles. The van der Waals surface area contributed by atoms with Crippen LogP contribution in [0.25, 0.3) is 0 Å². The molecule has 0 bridgehead atoms. The Morgan fingerprint density at radius 1 is 1.06 bits per heavy atom. The summed E-state index contributed by atoms with van der Waals surface area (Å²) in [5.74, 6) is 4.76. The van der Waals surface area contributed by atoms with E-state index < -0.39 is 0 Å². The van der Waals surface area contributed by atoms with Crippen LogP contribution in [0.15, 0.2) is 0 Å². The van der Waals surface area contributed by atoms with Gasteiger partial charge in [-0.25, -0.2) is 0 Å². The van der Waals surface area contributed by atoms with E-state index in [1.165, 1.54) is 69.8 Å². The quantitative estimate of drug-likeness (QED) is 0.750. The van der Waals surface area contributed by atoms with Crippen molar-refractivity contribution < 1.29 is 0 Å². The van der Waals surface area contributed by atoms with Gasteiger partial charge in [-0.05, 0) is 50.5 Å². The molecule has 2 nitrogen and oxygen atoms in total. The molecule has 1 heterocycles. The fraction of sp³-hybridized carbons (Fsp3) is 1.00. The normalized spacial score (nSPS) is 29.8. The highest BCUT2D eigenvalue weighted by molar-refractivity contribution is 7.99.